The standard InChI is InChI=1S/C22H22N6O3/c1-16(29)17-6-5-7-18(14-17)25-21-20(28(30)31)22(24-15-23-21)27-12-10-26(11-13-27)19-8-3-2-4-9-19/h2-9,14-15H,10-13H2,1H3,(H,23,24,25). The van der Waals surface area contributed by atoms with Crippen molar-refractivity contribution in [3.05, 3.63) is 76.6 Å². The van der Waals surface area contributed by atoms with Crippen molar-refractivity contribution >= 4 is 34.5 Å². The number of carbonyl (C=O) groups excluding carboxylic acids is 1. The molecule has 158 valence electrons. The number of piperazine rings is 1. The molecule has 9 nitrogen and oxygen atoms in total. The number of ketones is 1. The van der Waals surface area contributed by atoms with Crippen LogP contribution < -0.4 is 15.1 Å². The third-order valence-corrected chi connectivity index (χ3v) is 5.22. The number of aromatic nitrogens is 2. The van der Waals surface area contributed by atoms with E-state index < -0.39 is 4.92 Å². The van der Waals surface area contributed by atoms with Crippen LogP contribution in [-0.4, -0.2) is 46.9 Å². The maximum absolute atomic E-state index is 11.9. The summed E-state index contributed by atoms with van der Waals surface area (Å²) in [6.45, 7) is 4.14. The van der Waals surface area contributed by atoms with E-state index in [0.717, 1.165) is 18.8 Å². The molecule has 31 heavy (non-hydrogen) atoms. The fourth-order valence-corrected chi connectivity index (χ4v) is 3.63. The van der Waals surface area contributed by atoms with Crippen LogP contribution in [0, 0.1) is 10.1 Å². The average Bonchev–Trinajstić information content (AvgIpc) is 2.79. The number of nitro groups is 1. The number of hydrogen-bond acceptors (Lipinski definition) is 8. The van der Waals surface area contributed by atoms with Gasteiger partial charge in [-0.2, -0.15) is 0 Å². The minimum Gasteiger partial charge on any atom is -0.368 e. The molecule has 1 aromatic heterocycles. The quantitative estimate of drug-likeness (QED) is 0.367. The lowest BCUT2D eigenvalue weighted by Gasteiger charge is -2.36. The summed E-state index contributed by atoms with van der Waals surface area (Å²) in [5.74, 6) is 0.303. The molecule has 0 atom stereocenters. The molecule has 0 radical (unpaired) electrons. The largest absolute Gasteiger partial charge is 0.368 e. The molecule has 0 saturated carbocycles. The van der Waals surface area contributed by atoms with Crippen molar-refractivity contribution < 1.29 is 9.72 Å². The first-order chi connectivity index (χ1) is 15.0. The number of Topliss-reactive ketones (excluding diaryl/α,β-unsaturated/α-hetero) is 1. The summed E-state index contributed by atoms with van der Waals surface area (Å²) in [6, 6.07) is 16.9. The number of rotatable bonds is 6. The van der Waals surface area contributed by atoms with E-state index in [9.17, 15) is 14.9 Å². The molecule has 1 aliphatic heterocycles. The van der Waals surface area contributed by atoms with Gasteiger partial charge in [0.2, 0.25) is 11.6 Å². The van der Waals surface area contributed by atoms with E-state index in [1.54, 1.807) is 24.3 Å². The van der Waals surface area contributed by atoms with Gasteiger partial charge < -0.3 is 15.1 Å². The summed E-state index contributed by atoms with van der Waals surface area (Å²) < 4.78 is 0. The number of nitrogens with one attached hydrogen (secondary N) is 1. The highest BCUT2D eigenvalue weighted by molar-refractivity contribution is 5.95. The number of anilines is 4. The number of benzene rings is 2. The van der Waals surface area contributed by atoms with Crippen LogP contribution in [0.15, 0.2) is 60.9 Å². The van der Waals surface area contributed by atoms with Crippen molar-refractivity contribution in [2.75, 3.05) is 41.3 Å². The lowest BCUT2D eigenvalue weighted by atomic mass is 10.1. The Morgan fingerprint density at radius 1 is 1.00 bits per heavy atom. The van der Waals surface area contributed by atoms with Crippen LogP contribution in [0.5, 0.6) is 0 Å². The molecule has 1 aliphatic rings. The number of hydrogen-bond donors (Lipinski definition) is 1. The van der Waals surface area contributed by atoms with Gasteiger partial charge in [0.25, 0.3) is 0 Å². The lowest BCUT2D eigenvalue weighted by Crippen LogP contribution is -2.47. The predicted octanol–water partition coefficient (Wildman–Crippen LogP) is 3.66. The highest BCUT2D eigenvalue weighted by Crippen LogP contribution is 2.34. The van der Waals surface area contributed by atoms with E-state index in [2.05, 4.69) is 32.3 Å². The Kier molecular flexibility index (Phi) is 5.74. The van der Waals surface area contributed by atoms with Crippen LogP contribution in [0.1, 0.15) is 17.3 Å². The maximum Gasteiger partial charge on any atom is 0.353 e. The monoisotopic (exact) mass is 418 g/mol. The molecule has 0 amide bonds. The van der Waals surface area contributed by atoms with Gasteiger partial charge in [-0.25, -0.2) is 9.97 Å². The van der Waals surface area contributed by atoms with E-state index in [4.69, 9.17) is 0 Å². The molecule has 3 aromatic rings. The van der Waals surface area contributed by atoms with Gasteiger partial charge in [0.1, 0.15) is 6.33 Å². The first kappa shape index (κ1) is 20.3. The number of carbonyl (C=O) groups is 1. The summed E-state index contributed by atoms with van der Waals surface area (Å²) in [4.78, 5) is 35.6. The van der Waals surface area contributed by atoms with Gasteiger partial charge >= 0.3 is 5.69 Å². The van der Waals surface area contributed by atoms with E-state index in [0.29, 0.717) is 24.3 Å². The summed E-state index contributed by atoms with van der Waals surface area (Å²) >= 11 is 0. The highest BCUT2D eigenvalue weighted by atomic mass is 16.6. The topological polar surface area (TPSA) is 104 Å². The number of nitrogens with zero attached hydrogens (tertiary/aromatic N) is 5. The van der Waals surface area contributed by atoms with Gasteiger partial charge in [-0.05, 0) is 31.2 Å². The van der Waals surface area contributed by atoms with E-state index in [-0.39, 0.29) is 23.1 Å². The Bertz CT molecular complexity index is 1100. The molecule has 1 fully saturated rings. The molecule has 0 unspecified atom stereocenters. The molecule has 0 aliphatic carbocycles. The molecule has 9 heteroatoms. The Hall–Kier alpha value is -4.01. The lowest BCUT2D eigenvalue weighted by molar-refractivity contribution is -0.383. The molecular weight excluding hydrogens is 396 g/mol. The van der Waals surface area contributed by atoms with Crippen LogP contribution in [0.4, 0.5) is 28.7 Å². The predicted molar refractivity (Wildman–Crippen MR) is 119 cm³/mol. The second-order valence-electron chi connectivity index (χ2n) is 7.22. The SMILES string of the molecule is CC(=O)c1cccc(Nc2ncnc(N3CCN(c4ccccc4)CC3)c2[N+](=O)[O-])c1. The van der Waals surface area contributed by atoms with Gasteiger partial charge in [-0.15, -0.1) is 0 Å². The zero-order valence-corrected chi connectivity index (χ0v) is 17.1. The summed E-state index contributed by atoms with van der Waals surface area (Å²) in [7, 11) is 0. The molecule has 1 saturated heterocycles. The molecule has 0 bridgehead atoms. The fourth-order valence-electron chi connectivity index (χ4n) is 3.63. The first-order valence-electron chi connectivity index (χ1n) is 9.95. The van der Waals surface area contributed by atoms with Crippen LogP contribution in [-0.2, 0) is 0 Å². The van der Waals surface area contributed by atoms with Crippen LogP contribution in [0.25, 0.3) is 0 Å². The van der Waals surface area contributed by atoms with Crippen molar-refractivity contribution in [3.8, 4) is 0 Å². The van der Waals surface area contributed by atoms with Crippen molar-refractivity contribution in [2.45, 2.75) is 6.92 Å². The second kappa shape index (κ2) is 8.78. The number of para-hydroxylation sites is 1. The normalized spacial score (nSPS) is 13.7. The first-order valence-corrected chi connectivity index (χ1v) is 9.95. The average molecular weight is 418 g/mol. The van der Waals surface area contributed by atoms with Gasteiger partial charge in [-0.3, -0.25) is 14.9 Å². The molecule has 4 rings (SSSR count). The zero-order chi connectivity index (χ0) is 21.8. The van der Waals surface area contributed by atoms with Gasteiger partial charge in [0.15, 0.2) is 5.78 Å². The molecule has 0 spiro atoms. The Morgan fingerprint density at radius 2 is 1.71 bits per heavy atom. The molecule has 1 N–H and O–H groups in total. The molecular formula is C22H22N6O3. The van der Waals surface area contributed by atoms with Crippen molar-refractivity contribution in [2.24, 2.45) is 0 Å². The van der Waals surface area contributed by atoms with E-state index in [1.807, 2.05) is 23.1 Å². The Morgan fingerprint density at radius 3 is 2.39 bits per heavy atom. The maximum atomic E-state index is 11.9. The smallest absolute Gasteiger partial charge is 0.353 e. The zero-order valence-electron chi connectivity index (χ0n) is 17.1. The second-order valence-corrected chi connectivity index (χ2v) is 7.22. The Balaban J connectivity index is 1.57. The molecule has 2 aromatic carbocycles. The van der Waals surface area contributed by atoms with Crippen LogP contribution in [0.3, 0.4) is 0 Å². The van der Waals surface area contributed by atoms with Gasteiger partial charge in [0.05, 0.1) is 4.92 Å². The van der Waals surface area contributed by atoms with Crippen LogP contribution >= 0.6 is 0 Å². The summed E-state index contributed by atoms with van der Waals surface area (Å²) in [6.07, 6.45) is 1.32. The van der Waals surface area contributed by atoms with Crippen molar-refractivity contribution in [1.29, 1.82) is 0 Å². The minimum absolute atomic E-state index is 0.0854. The minimum atomic E-state index is -0.462. The molecule has 2 heterocycles. The van der Waals surface area contributed by atoms with Gasteiger partial charge in [0, 0.05) is 43.1 Å². The summed E-state index contributed by atoms with van der Waals surface area (Å²) in [5.41, 5.74) is 2.02. The van der Waals surface area contributed by atoms with Crippen molar-refractivity contribution in [3.63, 3.8) is 0 Å². The third-order valence-electron chi connectivity index (χ3n) is 5.22. The van der Waals surface area contributed by atoms with E-state index in [1.165, 1.54) is 13.3 Å². The summed E-state index contributed by atoms with van der Waals surface area (Å²) in [5, 5.41) is 14.9. The van der Waals surface area contributed by atoms with Gasteiger partial charge in [-0.1, -0.05) is 30.3 Å². The fraction of sp³-hybridized carbons (Fsp3) is 0.227. The van der Waals surface area contributed by atoms with E-state index >= 15 is 0 Å². The third kappa shape index (κ3) is 4.45. The Labute approximate surface area is 179 Å². The van der Waals surface area contributed by atoms with Crippen LogP contribution in [0.2, 0.25) is 0 Å². The van der Waals surface area contributed by atoms with Crippen molar-refractivity contribution in [1.82, 2.24) is 9.97 Å². The highest BCUT2D eigenvalue weighted by Gasteiger charge is 2.29.